The molecule has 11 aromatic rings. The normalized spacial score (nSPS) is 11.6. The average molecular weight is 776 g/mol. The first-order valence-corrected chi connectivity index (χ1v) is 20.0. The van der Waals surface area contributed by atoms with Crippen LogP contribution in [0.15, 0.2) is 162 Å². The lowest BCUT2D eigenvalue weighted by Gasteiger charge is -2.20. The number of furan rings is 1. The van der Waals surface area contributed by atoms with Gasteiger partial charge in [-0.15, -0.1) is 0 Å². The molecule has 3 aromatic heterocycles. The summed E-state index contributed by atoms with van der Waals surface area (Å²) in [5.74, 6) is 1.05. The van der Waals surface area contributed by atoms with Crippen molar-refractivity contribution in [1.29, 1.82) is 0 Å². The average Bonchev–Trinajstić information content (AvgIpc) is 3.89. The molecule has 12 radical (unpaired) electrons. The number of rotatable bonds is 6. The molecule has 0 amide bonds. The van der Waals surface area contributed by atoms with Crippen molar-refractivity contribution in [2.24, 2.45) is 0 Å². The first-order chi connectivity index (χ1) is 30.3. The van der Waals surface area contributed by atoms with Crippen LogP contribution in [0.1, 0.15) is 0 Å². The summed E-state index contributed by atoms with van der Waals surface area (Å²) in [7, 11) is 42.3. The van der Waals surface area contributed by atoms with E-state index in [1.54, 1.807) is 0 Å². The van der Waals surface area contributed by atoms with Crippen LogP contribution in [0, 0.1) is 0 Å². The van der Waals surface area contributed by atoms with Crippen LogP contribution < -0.4 is 32.8 Å². The van der Waals surface area contributed by atoms with Gasteiger partial charge in [-0.05, 0) is 52.0 Å². The summed E-state index contributed by atoms with van der Waals surface area (Å²) in [6.45, 7) is 0. The van der Waals surface area contributed by atoms with Crippen molar-refractivity contribution in [3.63, 3.8) is 0 Å². The van der Waals surface area contributed by atoms with Gasteiger partial charge < -0.3 is 8.98 Å². The first kappa shape index (κ1) is 37.7. The van der Waals surface area contributed by atoms with Crippen molar-refractivity contribution in [2.75, 3.05) is 0 Å². The Morgan fingerprint density at radius 2 is 0.871 bits per heavy atom. The smallest absolute Gasteiger partial charge is 0.164 e. The highest BCUT2D eigenvalue weighted by Crippen LogP contribution is 2.36. The second-order valence-corrected chi connectivity index (χ2v) is 15.3. The van der Waals surface area contributed by atoms with E-state index in [2.05, 4.69) is 48.5 Å². The largest absolute Gasteiger partial charge is 0.457 e. The second kappa shape index (κ2) is 14.7. The summed E-state index contributed by atoms with van der Waals surface area (Å²) in [6, 6.07) is 52.5. The summed E-state index contributed by atoms with van der Waals surface area (Å²) in [5, 5.41) is 2.89. The summed E-state index contributed by atoms with van der Waals surface area (Å²) >= 11 is 0. The number of aromatic nitrogens is 4. The van der Waals surface area contributed by atoms with E-state index < -0.39 is 0 Å². The van der Waals surface area contributed by atoms with E-state index in [1.165, 1.54) is 0 Å². The van der Waals surface area contributed by atoms with Gasteiger partial charge in [-0.25, -0.2) is 15.0 Å². The van der Waals surface area contributed by atoms with E-state index in [-0.39, 0.29) is 49.9 Å². The predicted octanol–water partition coefficient (Wildman–Crippen LogP) is 5.97. The van der Waals surface area contributed by atoms with Crippen molar-refractivity contribution in [3.8, 4) is 62.1 Å². The number of fused-ring (bicyclic) bond motifs is 6. The van der Waals surface area contributed by atoms with Crippen LogP contribution in [0.5, 0.6) is 0 Å². The third kappa shape index (κ3) is 5.90. The Hall–Kier alpha value is -7.24. The highest BCUT2D eigenvalue weighted by atomic mass is 16.3. The Bertz CT molecular complexity index is 3590. The van der Waals surface area contributed by atoms with Crippen LogP contribution in [0.4, 0.5) is 0 Å². The minimum Gasteiger partial charge on any atom is -0.457 e. The van der Waals surface area contributed by atoms with Crippen molar-refractivity contribution in [1.82, 2.24) is 19.5 Å². The molecule has 0 saturated carbocycles. The summed E-state index contributed by atoms with van der Waals surface area (Å²) < 4.78 is 8.60. The maximum absolute atomic E-state index is 7.25. The fourth-order valence-corrected chi connectivity index (χ4v) is 8.67. The molecule has 3 heterocycles. The van der Waals surface area contributed by atoms with Crippen LogP contribution >= 0.6 is 0 Å². The number of hydrogen-bond donors (Lipinski definition) is 0. The van der Waals surface area contributed by atoms with Gasteiger partial charge in [0.05, 0.1) is 11.0 Å². The quantitative estimate of drug-likeness (QED) is 0.196. The Morgan fingerprint density at radius 3 is 1.56 bits per heavy atom. The Labute approximate surface area is 365 Å². The molecular weight excluding hydrogens is 749 g/mol. The molecule has 5 nitrogen and oxygen atoms in total. The molecule has 0 spiro atoms. The van der Waals surface area contributed by atoms with Crippen molar-refractivity contribution < 1.29 is 4.42 Å². The zero-order valence-corrected chi connectivity index (χ0v) is 33.2. The minimum atomic E-state index is 0.147. The zero-order chi connectivity index (χ0) is 42.2. The maximum Gasteiger partial charge on any atom is 0.164 e. The number of nitrogens with zero attached hydrogens (tertiary/aromatic N) is 4. The van der Waals surface area contributed by atoms with Crippen LogP contribution in [0.25, 0.3) is 106 Å². The molecule has 11 heteroatoms. The Kier molecular flexibility index (Phi) is 8.97. The molecule has 11 rings (SSSR count). The highest BCUT2D eigenvalue weighted by molar-refractivity contribution is 6.64. The predicted molar refractivity (Wildman–Crippen MR) is 261 cm³/mol. The molecule has 274 valence electrons. The molecule has 0 atom stereocenters. The standard InChI is InChI=1S/C51H26B6N4O/c52-40-37-38-42(54)46(61-35-22-11-10-21-33(35)34-26-31(23-24-36(34)61)28-15-6-2-7-16-28)44(56)45(57)48(38)62-47(37)43(55)39(41(40)53)51-59-49(29-17-8-3-9-18-29)58-50(60-51)32-20-12-19-30(25-32)27-13-4-1-5-14-27/h1-26H. The van der Waals surface area contributed by atoms with Gasteiger partial charge in [-0.3, -0.25) is 0 Å². The number of hydrogen-bond acceptors (Lipinski definition) is 4. The lowest BCUT2D eigenvalue weighted by molar-refractivity contribution is 0.674. The monoisotopic (exact) mass is 776 g/mol. The molecule has 0 unspecified atom stereocenters. The van der Waals surface area contributed by atoms with Crippen LogP contribution in [0.3, 0.4) is 0 Å². The lowest BCUT2D eigenvalue weighted by atomic mass is 9.68. The SMILES string of the molecule is [B]c1c(-n2c3ccccc3c3cc(-c4ccccc4)ccc32)c([B])c2c(oc3c([B])c(-c4nc(-c5ccccc5)nc(-c5cccc(-c6ccccc6)c5)n4)c([B])c([B])c32)c1[B]. The Balaban J connectivity index is 1.14. The molecule has 0 aliphatic heterocycles. The van der Waals surface area contributed by atoms with Gasteiger partial charge in [0.1, 0.15) is 58.2 Å². The van der Waals surface area contributed by atoms with E-state index in [4.69, 9.17) is 66.4 Å². The van der Waals surface area contributed by atoms with Gasteiger partial charge in [0.15, 0.2) is 17.5 Å². The molecule has 0 bridgehead atoms. The van der Waals surface area contributed by atoms with Gasteiger partial charge in [0.25, 0.3) is 0 Å². The third-order valence-electron chi connectivity index (χ3n) is 11.7. The van der Waals surface area contributed by atoms with E-state index in [1.807, 2.05) is 114 Å². The van der Waals surface area contributed by atoms with Crippen LogP contribution in [-0.4, -0.2) is 66.6 Å². The van der Waals surface area contributed by atoms with Crippen molar-refractivity contribution in [3.05, 3.63) is 158 Å². The van der Waals surface area contributed by atoms with Crippen molar-refractivity contribution >= 4 is 124 Å². The maximum atomic E-state index is 7.25. The molecule has 62 heavy (non-hydrogen) atoms. The first-order valence-electron chi connectivity index (χ1n) is 20.0. The molecule has 8 aromatic carbocycles. The Morgan fingerprint density at radius 1 is 0.355 bits per heavy atom. The van der Waals surface area contributed by atoms with E-state index >= 15 is 0 Å². The summed E-state index contributed by atoms with van der Waals surface area (Å²) in [5.41, 5.74) is 9.99. The zero-order valence-electron chi connectivity index (χ0n) is 33.2. The third-order valence-corrected chi connectivity index (χ3v) is 11.7. The minimum absolute atomic E-state index is 0.147. The molecule has 0 N–H and O–H groups in total. The van der Waals surface area contributed by atoms with Crippen LogP contribution in [-0.2, 0) is 0 Å². The summed E-state index contributed by atoms with van der Waals surface area (Å²) in [4.78, 5) is 14.9. The van der Waals surface area contributed by atoms with Gasteiger partial charge in [0, 0.05) is 43.9 Å². The van der Waals surface area contributed by atoms with E-state index in [0.29, 0.717) is 33.6 Å². The molecular formula is C51H26B6N4O. The number of benzene rings is 8. The molecule has 0 fully saturated rings. The lowest BCUT2D eigenvalue weighted by Crippen LogP contribution is -2.37. The highest BCUT2D eigenvalue weighted by Gasteiger charge is 2.26. The fraction of sp³-hybridized carbons (Fsp3) is 0. The van der Waals surface area contributed by atoms with Crippen molar-refractivity contribution in [2.45, 2.75) is 0 Å². The molecule has 0 aliphatic rings. The number of para-hydroxylation sites is 1. The van der Waals surface area contributed by atoms with Gasteiger partial charge >= 0.3 is 0 Å². The fourth-order valence-electron chi connectivity index (χ4n) is 8.67. The molecule has 0 aliphatic carbocycles. The molecule has 0 saturated heterocycles. The van der Waals surface area contributed by atoms with Gasteiger partial charge in [-0.1, -0.05) is 161 Å². The summed E-state index contributed by atoms with van der Waals surface area (Å²) in [6.07, 6.45) is 0. The van der Waals surface area contributed by atoms with Crippen LogP contribution in [0.2, 0.25) is 0 Å². The van der Waals surface area contributed by atoms with E-state index in [0.717, 1.165) is 55.2 Å². The van der Waals surface area contributed by atoms with Gasteiger partial charge in [0.2, 0.25) is 0 Å². The van der Waals surface area contributed by atoms with E-state index in [9.17, 15) is 0 Å². The second-order valence-electron chi connectivity index (χ2n) is 15.3. The topological polar surface area (TPSA) is 56.7 Å². The van der Waals surface area contributed by atoms with Gasteiger partial charge in [-0.2, -0.15) is 0 Å².